The molecule has 0 fully saturated rings. The van der Waals surface area contributed by atoms with Crippen molar-refractivity contribution in [2.45, 2.75) is 38.8 Å². The molecule has 0 saturated heterocycles. The van der Waals surface area contributed by atoms with Gasteiger partial charge >= 0.3 is 0 Å². The highest BCUT2D eigenvalue weighted by molar-refractivity contribution is 7.89. The van der Waals surface area contributed by atoms with E-state index in [-0.39, 0.29) is 17.1 Å². The molecule has 0 bridgehead atoms. The highest BCUT2D eigenvalue weighted by Crippen LogP contribution is 2.25. The summed E-state index contributed by atoms with van der Waals surface area (Å²) in [4.78, 5) is 10.2. The Labute approximate surface area is 133 Å². The van der Waals surface area contributed by atoms with E-state index in [2.05, 4.69) is 14.9 Å². The maximum absolute atomic E-state index is 12.5. The summed E-state index contributed by atoms with van der Waals surface area (Å²) in [7, 11) is -3.91. The summed E-state index contributed by atoms with van der Waals surface area (Å²) in [6.45, 7) is 5.70. The standard InChI is InChI=1S/C13H17N5O4S/c1-4-17-8-14-16-13(17)7-15-23(21,22)12-6-11(18(19)20)5-9(2)10(12)3/h5-6,8,15H,4,7H2,1-3H3. The molecular formula is C13H17N5O4S. The Bertz CT molecular complexity index is 844. The van der Waals surface area contributed by atoms with Gasteiger partial charge in [-0.05, 0) is 31.9 Å². The molecule has 2 aromatic rings. The molecule has 0 atom stereocenters. The van der Waals surface area contributed by atoms with Crippen molar-refractivity contribution in [1.82, 2.24) is 19.5 Å². The molecule has 1 heterocycles. The number of nitro benzene ring substituents is 1. The normalized spacial score (nSPS) is 11.6. The zero-order valence-electron chi connectivity index (χ0n) is 13.0. The monoisotopic (exact) mass is 339 g/mol. The molecule has 1 aromatic heterocycles. The van der Waals surface area contributed by atoms with Crippen LogP contribution in [0.2, 0.25) is 0 Å². The summed E-state index contributed by atoms with van der Waals surface area (Å²) in [5, 5.41) is 18.5. The molecular weight excluding hydrogens is 322 g/mol. The maximum Gasteiger partial charge on any atom is 0.271 e. The lowest BCUT2D eigenvalue weighted by Gasteiger charge is -2.11. The second-order valence-corrected chi connectivity index (χ2v) is 6.74. The second kappa shape index (κ2) is 6.42. The number of nitro groups is 1. The first-order valence-corrected chi connectivity index (χ1v) is 8.36. The van der Waals surface area contributed by atoms with Crippen LogP contribution in [0.5, 0.6) is 0 Å². The Hall–Kier alpha value is -2.33. The van der Waals surface area contributed by atoms with Gasteiger partial charge in [0.25, 0.3) is 5.69 Å². The number of nitrogens with one attached hydrogen (secondary N) is 1. The summed E-state index contributed by atoms with van der Waals surface area (Å²) in [5.74, 6) is 0.468. The Morgan fingerprint density at radius 2 is 2.04 bits per heavy atom. The largest absolute Gasteiger partial charge is 0.317 e. The van der Waals surface area contributed by atoms with Crippen LogP contribution in [-0.2, 0) is 23.1 Å². The van der Waals surface area contributed by atoms with Gasteiger partial charge in [0.15, 0.2) is 0 Å². The van der Waals surface area contributed by atoms with Crippen LogP contribution in [-0.4, -0.2) is 28.1 Å². The molecule has 0 amide bonds. The first kappa shape index (κ1) is 17.0. The molecule has 0 aliphatic heterocycles. The molecule has 0 unspecified atom stereocenters. The average Bonchev–Trinajstić information content (AvgIpc) is 2.95. The molecule has 2 rings (SSSR count). The molecule has 10 heteroatoms. The number of non-ortho nitro benzene ring substituents is 1. The zero-order valence-corrected chi connectivity index (χ0v) is 13.8. The number of hydrogen-bond acceptors (Lipinski definition) is 6. The SMILES string of the molecule is CCn1cnnc1CNS(=O)(=O)c1cc([N+](=O)[O-])cc(C)c1C. The van der Waals surface area contributed by atoms with Gasteiger partial charge in [0.1, 0.15) is 12.2 Å². The van der Waals surface area contributed by atoms with Crippen molar-refractivity contribution in [2.75, 3.05) is 0 Å². The van der Waals surface area contributed by atoms with Crippen molar-refractivity contribution in [3.8, 4) is 0 Å². The Kier molecular flexibility index (Phi) is 4.76. The fourth-order valence-corrected chi connectivity index (χ4v) is 3.43. The summed E-state index contributed by atoms with van der Waals surface area (Å²) >= 11 is 0. The minimum atomic E-state index is -3.91. The Morgan fingerprint density at radius 1 is 1.35 bits per heavy atom. The highest BCUT2D eigenvalue weighted by Gasteiger charge is 2.22. The number of aromatic nitrogens is 3. The molecule has 124 valence electrons. The van der Waals surface area contributed by atoms with Crippen molar-refractivity contribution in [2.24, 2.45) is 0 Å². The molecule has 9 nitrogen and oxygen atoms in total. The summed E-state index contributed by atoms with van der Waals surface area (Å²) in [5.41, 5.74) is 0.751. The van der Waals surface area contributed by atoms with Gasteiger partial charge in [-0.2, -0.15) is 0 Å². The third-order valence-electron chi connectivity index (χ3n) is 3.56. The van der Waals surface area contributed by atoms with E-state index >= 15 is 0 Å². The van der Waals surface area contributed by atoms with Crippen molar-refractivity contribution < 1.29 is 13.3 Å². The van der Waals surface area contributed by atoms with Gasteiger partial charge in [0.2, 0.25) is 10.0 Å². The van der Waals surface area contributed by atoms with Gasteiger partial charge < -0.3 is 4.57 Å². The average molecular weight is 339 g/mol. The van der Waals surface area contributed by atoms with E-state index in [4.69, 9.17) is 0 Å². The van der Waals surface area contributed by atoms with Crippen LogP contribution < -0.4 is 4.72 Å². The number of aryl methyl sites for hydroxylation is 2. The molecule has 0 aliphatic rings. The lowest BCUT2D eigenvalue weighted by molar-refractivity contribution is -0.385. The first-order chi connectivity index (χ1) is 10.8. The number of nitrogens with zero attached hydrogens (tertiary/aromatic N) is 4. The van der Waals surface area contributed by atoms with Gasteiger partial charge in [-0.25, -0.2) is 13.1 Å². The van der Waals surface area contributed by atoms with Crippen molar-refractivity contribution >= 4 is 15.7 Å². The Balaban J connectivity index is 2.34. The van der Waals surface area contributed by atoms with Gasteiger partial charge in [0, 0.05) is 18.7 Å². The van der Waals surface area contributed by atoms with Crippen LogP contribution in [0.1, 0.15) is 23.9 Å². The van der Waals surface area contributed by atoms with Crippen LogP contribution in [0.3, 0.4) is 0 Å². The second-order valence-electron chi connectivity index (χ2n) is 5.00. The number of hydrogen-bond donors (Lipinski definition) is 1. The van der Waals surface area contributed by atoms with Crippen LogP contribution >= 0.6 is 0 Å². The predicted octanol–water partition coefficient (Wildman–Crippen LogP) is 1.30. The molecule has 1 aromatic carbocycles. The van der Waals surface area contributed by atoms with E-state index in [0.717, 1.165) is 6.07 Å². The summed E-state index contributed by atoms with van der Waals surface area (Å²) in [6.07, 6.45) is 1.51. The number of sulfonamides is 1. The highest BCUT2D eigenvalue weighted by atomic mass is 32.2. The molecule has 0 spiro atoms. The van der Waals surface area contributed by atoms with Gasteiger partial charge in [0.05, 0.1) is 16.4 Å². The van der Waals surface area contributed by atoms with Crippen LogP contribution in [0.4, 0.5) is 5.69 Å². The van der Waals surface area contributed by atoms with E-state index in [9.17, 15) is 18.5 Å². The minimum absolute atomic E-state index is 0.0443. The molecule has 0 aliphatic carbocycles. The predicted molar refractivity (Wildman–Crippen MR) is 82.3 cm³/mol. The molecule has 0 radical (unpaired) electrons. The third-order valence-corrected chi connectivity index (χ3v) is 5.09. The molecule has 0 saturated carbocycles. The molecule has 1 N–H and O–H groups in total. The minimum Gasteiger partial charge on any atom is -0.317 e. The van der Waals surface area contributed by atoms with Crippen LogP contribution in [0.25, 0.3) is 0 Å². The van der Waals surface area contributed by atoms with E-state index < -0.39 is 14.9 Å². The van der Waals surface area contributed by atoms with Crippen LogP contribution in [0.15, 0.2) is 23.4 Å². The van der Waals surface area contributed by atoms with Crippen molar-refractivity contribution in [3.05, 3.63) is 45.5 Å². The quantitative estimate of drug-likeness (QED) is 0.625. The summed E-state index contributed by atoms with van der Waals surface area (Å²) < 4.78 is 29.1. The van der Waals surface area contributed by atoms with Gasteiger partial charge in [-0.15, -0.1) is 10.2 Å². The molecule has 23 heavy (non-hydrogen) atoms. The van der Waals surface area contributed by atoms with Gasteiger partial charge in [-0.1, -0.05) is 0 Å². The van der Waals surface area contributed by atoms with Crippen molar-refractivity contribution in [3.63, 3.8) is 0 Å². The fourth-order valence-electron chi connectivity index (χ4n) is 2.11. The third kappa shape index (κ3) is 3.54. The maximum atomic E-state index is 12.5. The van der Waals surface area contributed by atoms with E-state index in [0.29, 0.717) is 23.5 Å². The summed E-state index contributed by atoms with van der Waals surface area (Å²) in [6, 6.07) is 2.41. The zero-order chi connectivity index (χ0) is 17.2. The lowest BCUT2D eigenvalue weighted by Crippen LogP contribution is -2.26. The topological polar surface area (TPSA) is 120 Å². The fraction of sp³-hybridized carbons (Fsp3) is 0.385. The first-order valence-electron chi connectivity index (χ1n) is 6.88. The number of rotatable bonds is 6. The van der Waals surface area contributed by atoms with E-state index in [1.165, 1.54) is 12.4 Å². The Morgan fingerprint density at radius 3 is 2.65 bits per heavy atom. The van der Waals surface area contributed by atoms with Gasteiger partial charge in [-0.3, -0.25) is 10.1 Å². The van der Waals surface area contributed by atoms with E-state index in [1.807, 2.05) is 6.92 Å². The van der Waals surface area contributed by atoms with Crippen LogP contribution in [0, 0.1) is 24.0 Å². The smallest absolute Gasteiger partial charge is 0.271 e. The van der Waals surface area contributed by atoms with E-state index in [1.54, 1.807) is 18.4 Å². The van der Waals surface area contributed by atoms with Crippen molar-refractivity contribution in [1.29, 1.82) is 0 Å². The number of benzene rings is 1. The lowest BCUT2D eigenvalue weighted by atomic mass is 10.1.